The number of hydrogen-bond acceptors (Lipinski definition) is 7. The predicted molar refractivity (Wildman–Crippen MR) is 171 cm³/mol. The molecule has 3 aromatic carbocycles. The Kier molecular flexibility index (Phi) is 9.17. The van der Waals surface area contributed by atoms with E-state index in [9.17, 15) is 25.2 Å². The van der Waals surface area contributed by atoms with Gasteiger partial charge >= 0.3 is 0 Å². The first-order valence-corrected chi connectivity index (χ1v) is 15.3. The summed E-state index contributed by atoms with van der Waals surface area (Å²) in [4.78, 5) is 13.0. The maximum absolute atomic E-state index is 13.0. The topological polar surface area (TPSA) is 116 Å². The van der Waals surface area contributed by atoms with E-state index in [1.807, 2.05) is 24.3 Å². The molecule has 0 bridgehead atoms. The van der Waals surface area contributed by atoms with Gasteiger partial charge in [-0.25, -0.2) is 0 Å². The van der Waals surface area contributed by atoms with Crippen LogP contribution in [0.25, 0.3) is 11.6 Å². The number of carbonyl (C=O) groups excluding carboxylic acids is 1. The molecule has 0 spiro atoms. The lowest BCUT2D eigenvalue weighted by molar-refractivity contribution is -0.277. The van der Waals surface area contributed by atoms with E-state index < -0.39 is 37.3 Å². The first-order chi connectivity index (χ1) is 20.8. The minimum atomic E-state index is -1.52. The van der Waals surface area contributed by atoms with Crippen LogP contribution in [-0.4, -0.2) is 63.5 Å². The number of rotatable bonds is 8. The van der Waals surface area contributed by atoms with Gasteiger partial charge in [0.25, 0.3) is 0 Å². The van der Waals surface area contributed by atoms with Gasteiger partial charge in [0, 0.05) is 12.0 Å². The maximum atomic E-state index is 13.0. The Bertz CT molecular complexity index is 1500. The highest BCUT2D eigenvalue weighted by Gasteiger charge is 2.44. The minimum absolute atomic E-state index is 0.0145. The van der Waals surface area contributed by atoms with Crippen LogP contribution in [0.15, 0.2) is 66.7 Å². The van der Waals surface area contributed by atoms with Crippen molar-refractivity contribution < 1.29 is 34.7 Å². The van der Waals surface area contributed by atoms with Crippen molar-refractivity contribution in [1.82, 2.24) is 0 Å². The highest BCUT2D eigenvalue weighted by molar-refractivity contribution is 5.97. The summed E-state index contributed by atoms with van der Waals surface area (Å²) < 4.78 is 11.0. The second kappa shape index (κ2) is 12.6. The van der Waals surface area contributed by atoms with E-state index >= 15 is 0 Å². The van der Waals surface area contributed by atoms with Gasteiger partial charge in [0.1, 0.15) is 30.2 Å². The van der Waals surface area contributed by atoms with Gasteiger partial charge in [-0.15, -0.1) is 0 Å². The van der Waals surface area contributed by atoms with Gasteiger partial charge < -0.3 is 29.9 Å². The third-order valence-electron chi connectivity index (χ3n) is 9.31. The van der Waals surface area contributed by atoms with Gasteiger partial charge in [-0.2, -0.15) is 0 Å². The molecule has 2 aliphatic rings. The number of fused-ring (bicyclic) bond motifs is 1. The Hall–Kier alpha value is -3.33. The zero-order valence-electron chi connectivity index (χ0n) is 26.2. The largest absolute Gasteiger partial charge is 0.462 e. The van der Waals surface area contributed by atoms with E-state index in [1.54, 1.807) is 24.3 Å². The molecule has 1 saturated heterocycles. The van der Waals surface area contributed by atoms with Crippen molar-refractivity contribution in [3.05, 3.63) is 100 Å². The van der Waals surface area contributed by atoms with Gasteiger partial charge in [-0.05, 0) is 76.1 Å². The van der Waals surface area contributed by atoms with Gasteiger partial charge in [-0.3, -0.25) is 4.79 Å². The fourth-order valence-corrected chi connectivity index (χ4v) is 6.20. The van der Waals surface area contributed by atoms with Crippen molar-refractivity contribution in [3.8, 4) is 5.75 Å². The van der Waals surface area contributed by atoms with E-state index in [-0.39, 0.29) is 23.0 Å². The van der Waals surface area contributed by atoms with E-state index in [2.05, 4.69) is 58.9 Å². The number of ether oxygens (including phenoxy) is 2. The zero-order chi connectivity index (χ0) is 31.8. The molecule has 1 aliphatic carbocycles. The van der Waals surface area contributed by atoms with Crippen molar-refractivity contribution in [3.63, 3.8) is 0 Å². The molecule has 44 heavy (non-hydrogen) atoms. The molecule has 234 valence electrons. The summed E-state index contributed by atoms with van der Waals surface area (Å²) in [5, 5.41) is 39.5. The van der Waals surface area contributed by atoms with Crippen molar-refractivity contribution in [2.24, 2.45) is 0 Å². The average molecular weight is 601 g/mol. The second-order valence-corrected chi connectivity index (χ2v) is 13.5. The van der Waals surface area contributed by atoms with Crippen LogP contribution in [0.3, 0.4) is 0 Å². The van der Waals surface area contributed by atoms with Crippen molar-refractivity contribution >= 4 is 17.4 Å². The quantitative estimate of drug-likeness (QED) is 0.208. The summed E-state index contributed by atoms with van der Waals surface area (Å²) in [6.45, 7) is 11.0. The molecule has 0 amide bonds. The Morgan fingerprint density at radius 1 is 0.841 bits per heavy atom. The Labute approximate surface area is 259 Å². The van der Waals surface area contributed by atoms with E-state index in [0.29, 0.717) is 11.3 Å². The summed E-state index contributed by atoms with van der Waals surface area (Å²) in [6, 6.07) is 21.3. The van der Waals surface area contributed by atoms with Gasteiger partial charge in [0.05, 0.1) is 6.61 Å². The summed E-state index contributed by atoms with van der Waals surface area (Å²) >= 11 is 0. The van der Waals surface area contributed by atoms with Crippen LogP contribution in [0.5, 0.6) is 5.75 Å². The molecule has 1 fully saturated rings. The number of benzene rings is 3. The molecular formula is C37H44O7. The molecule has 4 N–H and O–H groups in total. The number of carbonyl (C=O) groups is 1. The first kappa shape index (κ1) is 32.1. The molecule has 0 radical (unpaired) electrons. The standard InChI is InChI=1S/C37H44O7/c1-22(26-12-15-28-29(20-26)37(4,5)17-16-36(28,2)3)18-23-6-10-25(11-7-23)30(39)19-24-8-13-27(14-9-24)43-35-34(42)33(41)32(40)31(21-38)44-35/h6-15,18,20,31-35,38,40-42H,16-17,19,21H2,1-5H3/t31-,32-,33+,34-,35-/m1/s1. The van der Waals surface area contributed by atoms with Crippen molar-refractivity contribution in [2.75, 3.05) is 6.61 Å². The van der Waals surface area contributed by atoms with Gasteiger partial charge in [0.2, 0.25) is 6.29 Å². The molecule has 7 nitrogen and oxygen atoms in total. The fraction of sp³-hybridized carbons (Fsp3) is 0.432. The number of aliphatic hydroxyl groups excluding tert-OH is 4. The summed E-state index contributed by atoms with van der Waals surface area (Å²) in [6.07, 6.45) is -2.05. The number of hydrogen-bond donors (Lipinski definition) is 4. The van der Waals surface area contributed by atoms with Crippen LogP contribution in [0.2, 0.25) is 0 Å². The number of ketones is 1. The molecule has 3 aromatic rings. The lowest BCUT2D eigenvalue weighted by Crippen LogP contribution is -2.60. The lowest BCUT2D eigenvalue weighted by atomic mass is 9.63. The Morgan fingerprint density at radius 3 is 2.09 bits per heavy atom. The third-order valence-corrected chi connectivity index (χ3v) is 9.31. The minimum Gasteiger partial charge on any atom is -0.462 e. The SMILES string of the molecule is CC(=Cc1ccc(C(=O)Cc2ccc(O[C@@H]3O[C@H](CO)[C@@H](O)[C@H](O)[C@H]3O)cc2)cc1)c1ccc2c(c1)C(C)(C)CCC2(C)C. The van der Waals surface area contributed by atoms with Crippen LogP contribution in [0.1, 0.15) is 85.6 Å². The van der Waals surface area contributed by atoms with Crippen LogP contribution in [0, 0.1) is 0 Å². The van der Waals surface area contributed by atoms with Crippen LogP contribution in [0.4, 0.5) is 0 Å². The Balaban J connectivity index is 1.22. The molecule has 0 unspecified atom stereocenters. The highest BCUT2D eigenvalue weighted by atomic mass is 16.7. The van der Waals surface area contributed by atoms with E-state index in [4.69, 9.17) is 9.47 Å². The molecule has 5 rings (SSSR count). The molecule has 0 aromatic heterocycles. The Morgan fingerprint density at radius 2 is 1.45 bits per heavy atom. The van der Waals surface area contributed by atoms with Crippen LogP contribution in [-0.2, 0) is 22.0 Å². The second-order valence-electron chi connectivity index (χ2n) is 13.5. The molecule has 1 aliphatic heterocycles. The molecule has 7 heteroatoms. The van der Waals surface area contributed by atoms with Gasteiger partial charge in [0.15, 0.2) is 5.78 Å². The van der Waals surface area contributed by atoms with Crippen LogP contribution >= 0.6 is 0 Å². The fourth-order valence-electron chi connectivity index (χ4n) is 6.20. The number of allylic oxidation sites excluding steroid dienone is 1. The van der Waals surface area contributed by atoms with Gasteiger partial charge in [-0.1, -0.05) is 88.4 Å². The summed E-state index contributed by atoms with van der Waals surface area (Å²) in [5.41, 5.74) is 8.07. The monoisotopic (exact) mass is 600 g/mol. The highest BCUT2D eigenvalue weighted by Crippen LogP contribution is 2.46. The van der Waals surface area contributed by atoms with Crippen molar-refractivity contribution in [1.29, 1.82) is 0 Å². The first-order valence-electron chi connectivity index (χ1n) is 15.3. The third kappa shape index (κ3) is 6.67. The van der Waals surface area contributed by atoms with Crippen LogP contribution < -0.4 is 4.74 Å². The van der Waals surface area contributed by atoms with E-state index in [1.165, 1.54) is 35.1 Å². The average Bonchev–Trinajstić information content (AvgIpc) is 3.01. The number of Topliss-reactive ketones (excluding diaryl/α,β-unsaturated/α-hetero) is 1. The summed E-state index contributed by atoms with van der Waals surface area (Å²) in [5.74, 6) is 0.336. The van der Waals surface area contributed by atoms with E-state index in [0.717, 1.165) is 11.1 Å². The molecular weight excluding hydrogens is 556 g/mol. The number of aliphatic hydroxyl groups is 4. The lowest BCUT2D eigenvalue weighted by Gasteiger charge is -2.42. The normalized spacial score (nSPS) is 26.1. The predicted octanol–water partition coefficient (Wildman–Crippen LogP) is 5.20. The maximum Gasteiger partial charge on any atom is 0.229 e. The van der Waals surface area contributed by atoms with Crippen molar-refractivity contribution in [2.45, 2.75) is 95.4 Å². The molecule has 5 atom stereocenters. The smallest absolute Gasteiger partial charge is 0.229 e. The zero-order valence-corrected chi connectivity index (χ0v) is 26.2. The molecule has 0 saturated carbocycles. The molecule has 1 heterocycles. The summed E-state index contributed by atoms with van der Waals surface area (Å²) in [7, 11) is 0.